The van der Waals surface area contributed by atoms with Crippen molar-refractivity contribution < 1.29 is 14.2 Å². The molecule has 2 aliphatic rings. The van der Waals surface area contributed by atoms with Gasteiger partial charge in [-0.15, -0.1) is 11.8 Å². The van der Waals surface area contributed by atoms with Crippen LogP contribution in [0.5, 0.6) is 17.2 Å². The summed E-state index contributed by atoms with van der Waals surface area (Å²) in [5.41, 5.74) is 4.32. The molecule has 0 aliphatic carbocycles. The van der Waals surface area contributed by atoms with Gasteiger partial charge in [-0.05, 0) is 61.2 Å². The summed E-state index contributed by atoms with van der Waals surface area (Å²) in [6, 6.07) is 22.8. The van der Waals surface area contributed by atoms with Gasteiger partial charge in [0.05, 0.1) is 25.5 Å². The first kappa shape index (κ1) is 20.8. The van der Waals surface area contributed by atoms with Crippen molar-refractivity contribution in [2.24, 2.45) is 5.10 Å². The molecule has 2 heterocycles. The lowest BCUT2D eigenvalue weighted by Crippen LogP contribution is -2.33. The minimum atomic E-state index is -0.320. The number of benzene rings is 3. The zero-order valence-corrected chi connectivity index (χ0v) is 19.3. The van der Waals surface area contributed by atoms with E-state index < -0.39 is 0 Å². The Morgan fingerprint density at radius 3 is 2.53 bits per heavy atom. The van der Waals surface area contributed by atoms with Gasteiger partial charge in [-0.25, -0.2) is 5.01 Å². The molecule has 0 fully saturated rings. The van der Waals surface area contributed by atoms with E-state index in [-0.39, 0.29) is 12.3 Å². The molecule has 0 N–H and O–H groups in total. The topological polar surface area (TPSA) is 43.3 Å². The van der Waals surface area contributed by atoms with E-state index in [2.05, 4.69) is 53.7 Å². The third-order valence-electron chi connectivity index (χ3n) is 5.90. The SMILES string of the molecule is CCOc1ccc(C2=NN3[C@H](C2)c2cccc(OC)c2O[C@@H]3c2ccc(SC)cc2)cc1. The van der Waals surface area contributed by atoms with Crippen molar-refractivity contribution in [1.82, 2.24) is 5.01 Å². The molecule has 0 unspecified atom stereocenters. The van der Waals surface area contributed by atoms with Gasteiger partial charge >= 0.3 is 0 Å². The van der Waals surface area contributed by atoms with Gasteiger partial charge in [-0.1, -0.05) is 24.3 Å². The zero-order valence-electron chi connectivity index (χ0n) is 18.4. The Balaban J connectivity index is 1.55. The van der Waals surface area contributed by atoms with Crippen LogP contribution in [0.3, 0.4) is 0 Å². The molecule has 0 saturated heterocycles. The van der Waals surface area contributed by atoms with Crippen LogP contribution >= 0.6 is 11.8 Å². The van der Waals surface area contributed by atoms with Gasteiger partial charge in [0.1, 0.15) is 5.75 Å². The number of hydrazone groups is 1. The smallest absolute Gasteiger partial charge is 0.214 e. The highest BCUT2D eigenvalue weighted by Gasteiger charge is 2.42. The minimum Gasteiger partial charge on any atom is -0.494 e. The van der Waals surface area contributed by atoms with Gasteiger partial charge in [0.15, 0.2) is 11.5 Å². The lowest BCUT2D eigenvalue weighted by atomic mass is 9.95. The molecule has 0 radical (unpaired) electrons. The summed E-state index contributed by atoms with van der Waals surface area (Å²) in [7, 11) is 1.68. The predicted molar refractivity (Wildman–Crippen MR) is 128 cm³/mol. The van der Waals surface area contributed by atoms with Crippen LogP contribution in [0, 0.1) is 0 Å². The van der Waals surface area contributed by atoms with E-state index in [9.17, 15) is 0 Å². The highest BCUT2D eigenvalue weighted by molar-refractivity contribution is 7.98. The fourth-order valence-electron chi connectivity index (χ4n) is 4.32. The van der Waals surface area contributed by atoms with Gasteiger partial charge in [0.2, 0.25) is 6.23 Å². The standard InChI is InChI=1S/C26H26N2O3S/c1-4-30-19-12-8-17(9-13-19)22-16-23-21-6-5-7-24(29-2)25(21)31-26(28(23)27-22)18-10-14-20(32-3)15-11-18/h5-15,23,26H,4,16H2,1-3H3/t23-,26-/m1/s1. The molecule has 3 aromatic rings. The Bertz CT molecular complexity index is 1130. The van der Waals surface area contributed by atoms with E-state index in [1.54, 1.807) is 18.9 Å². The first-order valence-corrected chi connectivity index (χ1v) is 12.0. The number of fused-ring (bicyclic) bond motifs is 3. The van der Waals surface area contributed by atoms with Crippen molar-refractivity contribution in [3.05, 3.63) is 83.4 Å². The number of methoxy groups -OCH3 is 1. The van der Waals surface area contributed by atoms with Crippen molar-refractivity contribution in [2.75, 3.05) is 20.0 Å². The molecule has 0 bridgehead atoms. The summed E-state index contributed by atoms with van der Waals surface area (Å²) in [4.78, 5) is 1.22. The Kier molecular flexibility index (Phi) is 5.70. The number of para-hydroxylation sites is 1. The molecule has 164 valence electrons. The first-order valence-electron chi connectivity index (χ1n) is 10.8. The van der Waals surface area contributed by atoms with Crippen LogP contribution in [0.4, 0.5) is 0 Å². The molecule has 5 nitrogen and oxygen atoms in total. The van der Waals surface area contributed by atoms with Crippen molar-refractivity contribution >= 4 is 17.5 Å². The maximum atomic E-state index is 6.53. The van der Waals surface area contributed by atoms with E-state index in [4.69, 9.17) is 19.3 Å². The molecular weight excluding hydrogens is 420 g/mol. The maximum Gasteiger partial charge on any atom is 0.214 e. The van der Waals surface area contributed by atoms with Crippen LogP contribution in [0.2, 0.25) is 0 Å². The van der Waals surface area contributed by atoms with Crippen LogP contribution in [-0.4, -0.2) is 30.7 Å². The summed E-state index contributed by atoms with van der Waals surface area (Å²) in [6.45, 7) is 2.65. The summed E-state index contributed by atoms with van der Waals surface area (Å²) in [5.74, 6) is 2.43. The average Bonchev–Trinajstić information content (AvgIpc) is 3.30. The third kappa shape index (κ3) is 3.69. The van der Waals surface area contributed by atoms with Crippen LogP contribution < -0.4 is 14.2 Å². The molecule has 5 rings (SSSR count). The summed E-state index contributed by atoms with van der Waals surface area (Å²) < 4.78 is 17.8. The zero-order chi connectivity index (χ0) is 22.1. The Labute approximate surface area is 193 Å². The fourth-order valence-corrected chi connectivity index (χ4v) is 4.73. The van der Waals surface area contributed by atoms with Crippen molar-refractivity contribution in [2.45, 2.75) is 30.5 Å². The van der Waals surface area contributed by atoms with Gasteiger partial charge in [0.25, 0.3) is 0 Å². The van der Waals surface area contributed by atoms with Gasteiger partial charge in [-0.3, -0.25) is 0 Å². The number of ether oxygens (including phenoxy) is 3. The number of thioether (sulfide) groups is 1. The number of hydrogen-bond donors (Lipinski definition) is 0. The molecule has 2 atom stereocenters. The van der Waals surface area contributed by atoms with E-state index >= 15 is 0 Å². The van der Waals surface area contributed by atoms with Crippen LogP contribution in [0.1, 0.15) is 42.3 Å². The molecule has 0 saturated carbocycles. The first-order chi connectivity index (χ1) is 15.7. The summed E-state index contributed by atoms with van der Waals surface area (Å²) in [5, 5.41) is 7.15. The van der Waals surface area contributed by atoms with Crippen molar-refractivity contribution in [3.63, 3.8) is 0 Å². The second-order valence-electron chi connectivity index (χ2n) is 7.73. The molecule has 3 aromatic carbocycles. The normalized spacial score (nSPS) is 19.0. The van der Waals surface area contributed by atoms with E-state index in [0.717, 1.165) is 46.1 Å². The number of nitrogens with zero attached hydrogens (tertiary/aromatic N) is 2. The predicted octanol–water partition coefficient (Wildman–Crippen LogP) is 6.06. The fraction of sp³-hybridized carbons (Fsp3) is 0.269. The van der Waals surface area contributed by atoms with Crippen LogP contribution in [0.25, 0.3) is 0 Å². The maximum absolute atomic E-state index is 6.53. The summed E-state index contributed by atoms with van der Waals surface area (Å²) >= 11 is 1.73. The Morgan fingerprint density at radius 1 is 1.06 bits per heavy atom. The lowest BCUT2D eigenvalue weighted by molar-refractivity contribution is -0.0209. The molecule has 0 amide bonds. The van der Waals surface area contributed by atoms with Gasteiger partial charge in [-0.2, -0.15) is 5.10 Å². The summed E-state index contributed by atoms with van der Waals surface area (Å²) in [6.07, 6.45) is 2.56. The Morgan fingerprint density at radius 2 is 1.84 bits per heavy atom. The molecular formula is C26H26N2O3S. The van der Waals surface area contributed by atoms with Crippen LogP contribution in [-0.2, 0) is 0 Å². The second-order valence-corrected chi connectivity index (χ2v) is 8.61. The molecule has 6 heteroatoms. The van der Waals surface area contributed by atoms with E-state index in [1.807, 2.05) is 31.2 Å². The molecule has 32 heavy (non-hydrogen) atoms. The lowest BCUT2D eigenvalue weighted by Gasteiger charge is -2.38. The number of hydrogen-bond acceptors (Lipinski definition) is 6. The van der Waals surface area contributed by atoms with Crippen molar-refractivity contribution in [1.29, 1.82) is 0 Å². The van der Waals surface area contributed by atoms with E-state index in [0.29, 0.717) is 6.61 Å². The number of rotatable bonds is 6. The molecule has 2 aliphatic heterocycles. The van der Waals surface area contributed by atoms with Gasteiger partial charge in [0, 0.05) is 22.4 Å². The molecule has 0 spiro atoms. The largest absolute Gasteiger partial charge is 0.494 e. The van der Waals surface area contributed by atoms with Crippen molar-refractivity contribution in [3.8, 4) is 17.2 Å². The Hall–Kier alpha value is -3.12. The third-order valence-corrected chi connectivity index (χ3v) is 6.64. The highest BCUT2D eigenvalue weighted by atomic mass is 32.2. The van der Waals surface area contributed by atoms with Crippen LogP contribution in [0.15, 0.2) is 76.7 Å². The van der Waals surface area contributed by atoms with E-state index in [1.165, 1.54) is 4.90 Å². The van der Waals surface area contributed by atoms with Gasteiger partial charge < -0.3 is 14.2 Å². The average molecular weight is 447 g/mol. The quantitative estimate of drug-likeness (QED) is 0.431. The second kappa shape index (κ2) is 8.79. The highest BCUT2D eigenvalue weighted by Crippen LogP contribution is 2.50. The minimum absolute atomic E-state index is 0.0839. The molecule has 0 aromatic heterocycles. The monoisotopic (exact) mass is 446 g/mol.